The lowest BCUT2D eigenvalue weighted by atomic mass is 10.1. The quantitative estimate of drug-likeness (QED) is 0.821. The molecule has 1 saturated heterocycles. The molecule has 2 aromatic heterocycles. The first-order valence-corrected chi connectivity index (χ1v) is 9.34. The fourth-order valence-corrected chi connectivity index (χ4v) is 3.72. The molecule has 2 aliphatic rings. The maximum Gasteiger partial charge on any atom is 0.255 e. The second-order valence-corrected chi connectivity index (χ2v) is 7.64. The number of hydrogen-bond acceptors (Lipinski definition) is 4. The molecule has 6 nitrogen and oxygen atoms in total. The van der Waals surface area contributed by atoms with Crippen molar-refractivity contribution in [2.45, 2.75) is 18.5 Å². The Bertz CT molecular complexity index is 883. The van der Waals surface area contributed by atoms with Gasteiger partial charge in [-0.3, -0.25) is 14.4 Å². The maximum absolute atomic E-state index is 12.8. The Morgan fingerprint density at radius 3 is 2.88 bits per heavy atom. The Morgan fingerprint density at radius 2 is 2.16 bits per heavy atom. The van der Waals surface area contributed by atoms with Crippen molar-refractivity contribution in [1.29, 1.82) is 0 Å². The van der Waals surface area contributed by atoms with E-state index in [1.165, 1.54) is 0 Å². The van der Waals surface area contributed by atoms with Gasteiger partial charge < -0.3 is 10.2 Å². The van der Waals surface area contributed by atoms with E-state index in [9.17, 15) is 4.79 Å². The van der Waals surface area contributed by atoms with E-state index in [0.29, 0.717) is 22.9 Å². The Labute approximate surface area is 153 Å². The van der Waals surface area contributed by atoms with Gasteiger partial charge in [0, 0.05) is 37.1 Å². The van der Waals surface area contributed by atoms with Crippen molar-refractivity contribution < 1.29 is 4.79 Å². The number of aromatic nitrogens is 2. The summed E-state index contributed by atoms with van der Waals surface area (Å²) in [5.41, 5.74) is 1.91. The number of allylic oxidation sites excluding steroid dienone is 1. The molecule has 0 aromatic carbocycles. The second kappa shape index (κ2) is 6.77. The molecular formula is C17H19ClN5OP. The molecule has 0 spiro atoms. The first-order chi connectivity index (χ1) is 12.1. The summed E-state index contributed by atoms with van der Waals surface area (Å²) in [4.78, 5) is 23.3. The number of carbonyl (C=O) groups is 1. The van der Waals surface area contributed by atoms with Gasteiger partial charge in [-0.1, -0.05) is 11.6 Å². The van der Waals surface area contributed by atoms with E-state index >= 15 is 0 Å². The van der Waals surface area contributed by atoms with Crippen LogP contribution in [0.25, 0.3) is 16.9 Å². The number of nitrogens with zero attached hydrogens (tertiary/aromatic N) is 4. The highest BCUT2D eigenvalue weighted by Gasteiger charge is 2.23. The Hall–Kier alpha value is -1.91. The van der Waals surface area contributed by atoms with Gasteiger partial charge in [0.05, 0.1) is 10.6 Å². The third-order valence-corrected chi connectivity index (χ3v) is 5.59. The highest BCUT2D eigenvalue weighted by atomic mass is 35.5. The molecule has 2 aliphatic heterocycles. The molecule has 4 heterocycles. The van der Waals surface area contributed by atoms with Gasteiger partial charge in [0.15, 0.2) is 0 Å². The first kappa shape index (κ1) is 16.6. The first-order valence-electron chi connectivity index (χ1n) is 8.29. The molecule has 0 aliphatic carbocycles. The fraction of sp³-hybridized carbons (Fsp3) is 0.353. The zero-order valence-electron chi connectivity index (χ0n) is 13.7. The highest BCUT2D eigenvalue weighted by Crippen LogP contribution is 2.28. The summed E-state index contributed by atoms with van der Waals surface area (Å²) in [5.74, 6) is 0.887. The van der Waals surface area contributed by atoms with Crippen molar-refractivity contribution in [3.63, 3.8) is 0 Å². The molecule has 0 radical (unpaired) electrons. The van der Waals surface area contributed by atoms with Gasteiger partial charge in [-0.25, -0.2) is 4.98 Å². The van der Waals surface area contributed by atoms with E-state index in [4.69, 9.17) is 11.6 Å². The van der Waals surface area contributed by atoms with Crippen LogP contribution >= 0.6 is 20.8 Å². The van der Waals surface area contributed by atoms with Gasteiger partial charge >= 0.3 is 0 Å². The van der Waals surface area contributed by atoms with E-state index in [2.05, 4.69) is 24.5 Å². The molecule has 4 rings (SSSR count). The van der Waals surface area contributed by atoms with E-state index in [0.717, 1.165) is 42.8 Å². The number of likely N-dealkylation sites (tertiary alicyclic amines) is 1. The monoisotopic (exact) mass is 375 g/mol. The van der Waals surface area contributed by atoms with Crippen LogP contribution in [0.15, 0.2) is 29.5 Å². The number of pyridine rings is 1. The van der Waals surface area contributed by atoms with Gasteiger partial charge in [-0.2, -0.15) is 0 Å². The SMILES string of the molecule is O=C(c1cnc2c(c1)c(Cl)cn2C1=CC=NCN1)N1CCC(P)CC1. The predicted octanol–water partition coefficient (Wildman–Crippen LogP) is 2.60. The van der Waals surface area contributed by atoms with Gasteiger partial charge in [0.1, 0.15) is 18.1 Å². The summed E-state index contributed by atoms with van der Waals surface area (Å²) in [6, 6.07) is 1.84. The molecular weight excluding hydrogens is 357 g/mol. The van der Waals surface area contributed by atoms with Crippen LogP contribution in [0, 0.1) is 0 Å². The number of fused-ring (bicyclic) bond motifs is 1. The van der Waals surface area contributed by atoms with Crippen LogP contribution in [0.1, 0.15) is 23.2 Å². The number of aliphatic imine (C=N–C) groups is 1. The lowest BCUT2D eigenvalue weighted by Crippen LogP contribution is -2.38. The molecule has 1 amide bonds. The molecule has 130 valence electrons. The maximum atomic E-state index is 12.8. The zero-order chi connectivity index (χ0) is 17.4. The lowest BCUT2D eigenvalue weighted by Gasteiger charge is -2.30. The normalized spacial score (nSPS) is 18.3. The van der Waals surface area contributed by atoms with E-state index in [1.54, 1.807) is 12.4 Å². The average Bonchev–Trinajstić information content (AvgIpc) is 2.99. The van der Waals surface area contributed by atoms with Crippen LogP contribution in [0.5, 0.6) is 0 Å². The van der Waals surface area contributed by atoms with Crippen LogP contribution in [-0.4, -0.2) is 52.0 Å². The minimum atomic E-state index is 0.0252. The molecule has 25 heavy (non-hydrogen) atoms. The molecule has 1 unspecified atom stereocenters. The molecule has 1 N–H and O–H groups in total. The van der Waals surface area contributed by atoms with E-state index in [-0.39, 0.29) is 5.91 Å². The lowest BCUT2D eigenvalue weighted by molar-refractivity contribution is 0.0727. The minimum Gasteiger partial charge on any atom is -0.352 e. The number of nitrogens with one attached hydrogen (secondary N) is 1. The Morgan fingerprint density at radius 1 is 1.36 bits per heavy atom. The zero-order valence-corrected chi connectivity index (χ0v) is 15.6. The third-order valence-electron chi connectivity index (χ3n) is 4.62. The van der Waals surface area contributed by atoms with Crippen molar-refractivity contribution in [3.8, 4) is 0 Å². The average molecular weight is 376 g/mol. The number of carbonyl (C=O) groups excluding carboxylic acids is 1. The topological polar surface area (TPSA) is 62.5 Å². The van der Waals surface area contributed by atoms with Crippen LogP contribution in [0.4, 0.5) is 0 Å². The molecule has 1 atom stereocenters. The largest absolute Gasteiger partial charge is 0.352 e. The smallest absolute Gasteiger partial charge is 0.255 e. The molecule has 8 heteroatoms. The van der Waals surface area contributed by atoms with Gasteiger partial charge in [-0.05, 0) is 30.6 Å². The standard InChI is InChI=1S/C17H19ClN5OP/c18-14-9-23(15-1-4-19-10-21-15)16-13(14)7-11(8-20-16)17(24)22-5-2-12(25)3-6-22/h1,4,7-9,12,21H,2-3,5-6,10,25H2. The van der Waals surface area contributed by atoms with Gasteiger partial charge in [0.2, 0.25) is 0 Å². The van der Waals surface area contributed by atoms with Gasteiger partial charge in [-0.15, -0.1) is 9.24 Å². The number of amides is 1. The summed E-state index contributed by atoms with van der Waals surface area (Å²) in [7, 11) is 2.85. The van der Waals surface area contributed by atoms with Crippen molar-refractivity contribution in [2.75, 3.05) is 19.8 Å². The third kappa shape index (κ3) is 3.16. The van der Waals surface area contributed by atoms with Crippen LogP contribution in [0.3, 0.4) is 0 Å². The summed E-state index contributed by atoms with van der Waals surface area (Å²) in [6.07, 6.45) is 9.11. The van der Waals surface area contributed by atoms with Crippen molar-refractivity contribution in [2.24, 2.45) is 4.99 Å². The summed E-state index contributed by atoms with van der Waals surface area (Å²) in [6.45, 7) is 2.09. The Kier molecular flexibility index (Phi) is 4.48. The minimum absolute atomic E-state index is 0.0252. The summed E-state index contributed by atoms with van der Waals surface area (Å²) in [5, 5.41) is 4.54. The Balaban J connectivity index is 1.67. The molecule has 0 bridgehead atoms. The molecule has 1 fully saturated rings. The highest BCUT2D eigenvalue weighted by molar-refractivity contribution is 7.17. The second-order valence-electron chi connectivity index (χ2n) is 6.29. The number of rotatable bonds is 2. The van der Waals surface area contributed by atoms with Crippen molar-refractivity contribution >= 4 is 49.8 Å². The molecule has 0 saturated carbocycles. The van der Waals surface area contributed by atoms with Crippen LogP contribution < -0.4 is 5.32 Å². The predicted molar refractivity (Wildman–Crippen MR) is 104 cm³/mol. The van der Waals surface area contributed by atoms with E-state index in [1.807, 2.05) is 27.8 Å². The van der Waals surface area contributed by atoms with Crippen molar-refractivity contribution in [1.82, 2.24) is 19.8 Å². The summed E-state index contributed by atoms with van der Waals surface area (Å²) < 4.78 is 1.89. The summed E-state index contributed by atoms with van der Waals surface area (Å²) >= 11 is 6.40. The van der Waals surface area contributed by atoms with E-state index < -0.39 is 0 Å². The number of halogens is 1. The van der Waals surface area contributed by atoms with Crippen LogP contribution in [0.2, 0.25) is 5.02 Å². The van der Waals surface area contributed by atoms with Gasteiger partial charge in [0.25, 0.3) is 5.91 Å². The number of piperidine rings is 1. The number of hydrogen-bond donors (Lipinski definition) is 1. The van der Waals surface area contributed by atoms with Crippen LogP contribution in [-0.2, 0) is 0 Å². The fourth-order valence-electron chi connectivity index (χ4n) is 3.18. The molecule has 2 aromatic rings. The van der Waals surface area contributed by atoms with Crippen molar-refractivity contribution in [3.05, 3.63) is 35.1 Å².